The molecule has 0 radical (unpaired) electrons. The average molecular weight is 337 g/mol. The third-order valence-electron chi connectivity index (χ3n) is 3.59. The summed E-state index contributed by atoms with van der Waals surface area (Å²) in [6.07, 6.45) is -3.00. The summed E-state index contributed by atoms with van der Waals surface area (Å²) in [4.78, 5) is 18.3. The van der Waals surface area contributed by atoms with Gasteiger partial charge in [0.05, 0.1) is 23.1 Å². The number of amides is 1. The van der Waals surface area contributed by atoms with Crippen LogP contribution in [0.3, 0.4) is 0 Å². The minimum Gasteiger partial charge on any atom is -0.371 e. The largest absolute Gasteiger partial charge is 0.418 e. The number of hydrogen-bond acceptors (Lipinski definition) is 3. The first-order valence-electron chi connectivity index (χ1n) is 7.55. The number of nitrogens with one attached hydrogen (secondary N) is 1. The summed E-state index contributed by atoms with van der Waals surface area (Å²) >= 11 is 0. The lowest BCUT2D eigenvalue weighted by Crippen LogP contribution is -2.22. The van der Waals surface area contributed by atoms with Crippen LogP contribution in [0.2, 0.25) is 0 Å². The van der Waals surface area contributed by atoms with Gasteiger partial charge in [-0.3, -0.25) is 4.79 Å². The van der Waals surface area contributed by atoms with Crippen LogP contribution in [0.25, 0.3) is 0 Å². The smallest absolute Gasteiger partial charge is 0.371 e. The first kappa shape index (κ1) is 17.8. The molecule has 4 nitrogen and oxygen atoms in total. The lowest BCUT2D eigenvalue weighted by molar-refractivity contribution is -0.136. The van der Waals surface area contributed by atoms with Crippen LogP contribution in [0, 0.1) is 0 Å². The fourth-order valence-corrected chi connectivity index (χ4v) is 2.32. The molecule has 7 heteroatoms. The van der Waals surface area contributed by atoms with E-state index in [0.29, 0.717) is 0 Å². The Labute approximate surface area is 138 Å². The minimum absolute atomic E-state index is 0.0582. The highest BCUT2D eigenvalue weighted by atomic mass is 19.4. The van der Waals surface area contributed by atoms with Gasteiger partial charge in [0, 0.05) is 13.1 Å². The SMILES string of the molecule is CCN(CC)c1ccc(C(=O)Nc2ccccc2C(F)(F)F)nc1. The van der Waals surface area contributed by atoms with Crippen LogP contribution in [-0.2, 0) is 6.18 Å². The van der Waals surface area contributed by atoms with Crippen molar-refractivity contribution in [3.63, 3.8) is 0 Å². The number of carbonyl (C=O) groups is 1. The third kappa shape index (κ3) is 4.04. The number of benzene rings is 1. The summed E-state index contributed by atoms with van der Waals surface area (Å²) in [5.74, 6) is -0.683. The van der Waals surface area contributed by atoms with Crippen LogP contribution in [0.4, 0.5) is 24.5 Å². The van der Waals surface area contributed by atoms with Crippen molar-refractivity contribution in [2.24, 2.45) is 0 Å². The Morgan fingerprint density at radius 1 is 1.12 bits per heavy atom. The molecule has 0 fully saturated rings. The van der Waals surface area contributed by atoms with Crippen molar-refractivity contribution in [2.75, 3.05) is 23.3 Å². The quantitative estimate of drug-likeness (QED) is 0.889. The molecule has 0 bridgehead atoms. The lowest BCUT2D eigenvalue weighted by Gasteiger charge is -2.20. The Morgan fingerprint density at radius 3 is 2.33 bits per heavy atom. The Balaban J connectivity index is 2.19. The Bertz CT molecular complexity index is 695. The molecule has 1 heterocycles. The molecule has 1 aromatic heterocycles. The highest BCUT2D eigenvalue weighted by molar-refractivity contribution is 6.03. The molecule has 2 aromatic rings. The molecule has 1 N–H and O–H groups in total. The third-order valence-corrected chi connectivity index (χ3v) is 3.59. The zero-order valence-electron chi connectivity index (χ0n) is 13.4. The van der Waals surface area contributed by atoms with Crippen molar-refractivity contribution in [2.45, 2.75) is 20.0 Å². The van der Waals surface area contributed by atoms with Crippen molar-refractivity contribution in [3.8, 4) is 0 Å². The topological polar surface area (TPSA) is 45.2 Å². The van der Waals surface area contributed by atoms with Gasteiger partial charge in [-0.1, -0.05) is 12.1 Å². The Morgan fingerprint density at radius 2 is 1.79 bits per heavy atom. The molecule has 2 rings (SSSR count). The normalized spacial score (nSPS) is 11.2. The maximum atomic E-state index is 12.9. The molecule has 0 spiro atoms. The van der Waals surface area contributed by atoms with Gasteiger partial charge in [0.2, 0.25) is 0 Å². The van der Waals surface area contributed by atoms with E-state index in [4.69, 9.17) is 0 Å². The molecule has 128 valence electrons. The number of para-hydroxylation sites is 1. The van der Waals surface area contributed by atoms with E-state index in [1.807, 2.05) is 18.7 Å². The molecule has 24 heavy (non-hydrogen) atoms. The molecule has 0 aliphatic heterocycles. The van der Waals surface area contributed by atoms with Crippen LogP contribution in [-0.4, -0.2) is 24.0 Å². The zero-order chi connectivity index (χ0) is 17.7. The molecule has 0 unspecified atom stereocenters. The van der Waals surface area contributed by atoms with Gasteiger partial charge in [-0.05, 0) is 38.1 Å². The highest BCUT2D eigenvalue weighted by Crippen LogP contribution is 2.34. The van der Waals surface area contributed by atoms with Crippen molar-refractivity contribution >= 4 is 17.3 Å². The van der Waals surface area contributed by atoms with Crippen molar-refractivity contribution in [3.05, 3.63) is 53.9 Å². The highest BCUT2D eigenvalue weighted by Gasteiger charge is 2.33. The minimum atomic E-state index is -4.54. The molecular weight excluding hydrogens is 319 g/mol. The summed E-state index contributed by atoms with van der Waals surface area (Å²) in [5.41, 5.74) is -0.266. The zero-order valence-corrected chi connectivity index (χ0v) is 13.4. The number of halogens is 3. The maximum Gasteiger partial charge on any atom is 0.418 e. The Kier molecular flexibility index (Phi) is 5.43. The number of nitrogens with zero attached hydrogens (tertiary/aromatic N) is 2. The summed E-state index contributed by atoms with van der Waals surface area (Å²) in [7, 11) is 0. The van der Waals surface area contributed by atoms with Crippen molar-refractivity contribution in [1.82, 2.24) is 4.98 Å². The monoisotopic (exact) mass is 337 g/mol. The number of alkyl halides is 3. The van der Waals surface area contributed by atoms with Gasteiger partial charge in [-0.2, -0.15) is 13.2 Å². The number of hydrogen-bond donors (Lipinski definition) is 1. The van der Waals surface area contributed by atoms with Crippen LogP contribution in [0.1, 0.15) is 29.9 Å². The number of pyridine rings is 1. The summed E-state index contributed by atoms with van der Waals surface area (Å²) in [5, 5.41) is 2.27. The summed E-state index contributed by atoms with van der Waals surface area (Å²) in [6, 6.07) is 8.07. The molecule has 1 aromatic carbocycles. The average Bonchev–Trinajstić information content (AvgIpc) is 2.56. The van der Waals surface area contributed by atoms with Gasteiger partial charge in [-0.15, -0.1) is 0 Å². The summed E-state index contributed by atoms with van der Waals surface area (Å²) in [6.45, 7) is 5.59. The first-order valence-corrected chi connectivity index (χ1v) is 7.55. The first-order chi connectivity index (χ1) is 11.4. The molecule has 0 atom stereocenters. The molecule has 0 saturated heterocycles. The van der Waals surface area contributed by atoms with E-state index in [1.54, 1.807) is 6.07 Å². The van der Waals surface area contributed by atoms with E-state index >= 15 is 0 Å². The number of anilines is 2. The van der Waals surface area contributed by atoms with Gasteiger partial charge < -0.3 is 10.2 Å². The van der Waals surface area contributed by atoms with Gasteiger partial charge in [0.1, 0.15) is 5.69 Å². The van der Waals surface area contributed by atoms with Crippen LogP contribution in [0.15, 0.2) is 42.6 Å². The second-order valence-corrected chi connectivity index (χ2v) is 5.07. The molecule has 1 amide bonds. The number of aromatic nitrogens is 1. The van der Waals surface area contributed by atoms with E-state index in [-0.39, 0.29) is 11.4 Å². The van der Waals surface area contributed by atoms with Crippen molar-refractivity contribution in [1.29, 1.82) is 0 Å². The van der Waals surface area contributed by atoms with Gasteiger partial charge in [0.25, 0.3) is 5.91 Å². The van der Waals surface area contributed by atoms with Crippen LogP contribution < -0.4 is 10.2 Å². The molecule has 0 aliphatic carbocycles. The van der Waals surface area contributed by atoms with E-state index in [9.17, 15) is 18.0 Å². The van der Waals surface area contributed by atoms with Gasteiger partial charge in [0.15, 0.2) is 0 Å². The van der Waals surface area contributed by atoms with E-state index < -0.39 is 17.6 Å². The van der Waals surface area contributed by atoms with E-state index in [0.717, 1.165) is 24.8 Å². The van der Waals surface area contributed by atoms with Gasteiger partial charge >= 0.3 is 6.18 Å². The van der Waals surface area contributed by atoms with Gasteiger partial charge in [-0.25, -0.2) is 4.98 Å². The predicted molar refractivity (Wildman–Crippen MR) is 87.2 cm³/mol. The van der Waals surface area contributed by atoms with Crippen molar-refractivity contribution < 1.29 is 18.0 Å². The predicted octanol–water partition coefficient (Wildman–Crippen LogP) is 4.20. The fraction of sp³-hybridized carbons (Fsp3) is 0.294. The van der Waals surface area contributed by atoms with Crippen LogP contribution in [0.5, 0.6) is 0 Å². The molecule has 0 aliphatic rings. The lowest BCUT2D eigenvalue weighted by atomic mass is 10.1. The number of rotatable bonds is 5. The standard InChI is InChI=1S/C17H18F3N3O/c1-3-23(4-2)12-9-10-15(21-11-12)16(24)22-14-8-6-5-7-13(14)17(18,19)20/h5-11H,3-4H2,1-2H3,(H,22,24). The molecular formula is C17H18F3N3O. The van der Waals surface area contributed by atoms with E-state index in [1.165, 1.54) is 30.5 Å². The summed E-state index contributed by atoms with van der Waals surface area (Å²) < 4.78 is 38.8. The van der Waals surface area contributed by atoms with E-state index in [2.05, 4.69) is 10.3 Å². The fourth-order valence-electron chi connectivity index (χ4n) is 2.32. The second kappa shape index (κ2) is 7.33. The van der Waals surface area contributed by atoms with Crippen LogP contribution >= 0.6 is 0 Å². The maximum absolute atomic E-state index is 12.9. The Hall–Kier alpha value is -2.57. The number of carbonyl (C=O) groups excluding carboxylic acids is 1. The second-order valence-electron chi connectivity index (χ2n) is 5.07. The molecule has 0 saturated carbocycles.